The number of fused-ring (bicyclic) bond motifs is 1. The van der Waals surface area contributed by atoms with Gasteiger partial charge in [0.1, 0.15) is 0 Å². The van der Waals surface area contributed by atoms with Crippen LogP contribution in [0.3, 0.4) is 0 Å². The maximum absolute atomic E-state index is 13.2. The molecule has 1 aliphatic carbocycles. The van der Waals surface area contributed by atoms with Crippen LogP contribution in [0.1, 0.15) is 38.2 Å². The number of amides is 1. The van der Waals surface area contributed by atoms with Crippen LogP contribution >= 0.6 is 0 Å². The van der Waals surface area contributed by atoms with Gasteiger partial charge in [-0.2, -0.15) is 0 Å². The van der Waals surface area contributed by atoms with E-state index < -0.39 is 0 Å². The Bertz CT molecular complexity index is 648. The van der Waals surface area contributed by atoms with Gasteiger partial charge in [-0.1, -0.05) is 6.07 Å². The minimum absolute atomic E-state index is 0.0133. The molecule has 0 bridgehead atoms. The van der Waals surface area contributed by atoms with Crippen LogP contribution in [0.25, 0.3) is 0 Å². The van der Waals surface area contributed by atoms with Gasteiger partial charge in [-0.05, 0) is 50.3 Å². The van der Waals surface area contributed by atoms with E-state index in [0.29, 0.717) is 6.42 Å². The molecular weight excluding hydrogens is 302 g/mol. The molecule has 2 aliphatic rings. The van der Waals surface area contributed by atoms with E-state index in [1.54, 1.807) is 11.8 Å². The lowest BCUT2D eigenvalue weighted by Gasteiger charge is -2.32. The van der Waals surface area contributed by atoms with E-state index in [1.165, 1.54) is 0 Å². The number of carbonyl (C=O) groups is 2. The number of hydrogen-bond donors (Lipinski definition) is 1. The summed E-state index contributed by atoms with van der Waals surface area (Å²) < 4.78 is 0. The van der Waals surface area contributed by atoms with Gasteiger partial charge in [0.2, 0.25) is 5.91 Å². The number of hydrogen-bond acceptors (Lipinski definition) is 4. The molecule has 3 rings (SSSR count). The zero-order chi connectivity index (χ0) is 17.4. The molecule has 5 nitrogen and oxygen atoms in total. The van der Waals surface area contributed by atoms with E-state index >= 15 is 0 Å². The number of ketones is 1. The van der Waals surface area contributed by atoms with E-state index in [-0.39, 0.29) is 29.7 Å². The molecule has 1 aliphatic heterocycles. The Kier molecular flexibility index (Phi) is 4.63. The van der Waals surface area contributed by atoms with Crippen LogP contribution < -0.4 is 15.5 Å². The Morgan fingerprint density at radius 3 is 2.42 bits per heavy atom. The monoisotopic (exact) mass is 329 g/mol. The Morgan fingerprint density at radius 2 is 1.83 bits per heavy atom. The molecule has 1 heterocycles. The van der Waals surface area contributed by atoms with Gasteiger partial charge in [-0.25, -0.2) is 0 Å². The van der Waals surface area contributed by atoms with Crippen LogP contribution in [-0.4, -0.2) is 37.9 Å². The van der Waals surface area contributed by atoms with Crippen LogP contribution in [-0.2, 0) is 16.0 Å². The third-order valence-corrected chi connectivity index (χ3v) is 5.40. The van der Waals surface area contributed by atoms with Gasteiger partial charge in [-0.15, -0.1) is 0 Å². The second kappa shape index (κ2) is 6.55. The second-order valence-corrected chi connectivity index (χ2v) is 7.36. The molecule has 5 heteroatoms. The van der Waals surface area contributed by atoms with Crippen molar-refractivity contribution in [3.05, 3.63) is 23.8 Å². The van der Waals surface area contributed by atoms with E-state index in [1.807, 2.05) is 37.2 Å². The summed E-state index contributed by atoms with van der Waals surface area (Å²) in [6, 6.07) is 5.98. The summed E-state index contributed by atoms with van der Waals surface area (Å²) in [5.41, 5.74) is 9.00. The smallest absolute Gasteiger partial charge is 0.230 e. The highest BCUT2D eigenvalue weighted by atomic mass is 16.2. The maximum atomic E-state index is 13.2. The molecule has 1 atom stereocenters. The molecule has 0 spiro atoms. The highest BCUT2D eigenvalue weighted by molar-refractivity contribution is 6.04. The first-order valence-corrected chi connectivity index (χ1v) is 8.78. The quantitative estimate of drug-likeness (QED) is 0.922. The summed E-state index contributed by atoms with van der Waals surface area (Å²) in [5.74, 6) is 0.135. The van der Waals surface area contributed by atoms with Gasteiger partial charge in [0.05, 0.1) is 6.04 Å². The van der Waals surface area contributed by atoms with E-state index in [9.17, 15) is 9.59 Å². The van der Waals surface area contributed by atoms with Crippen LogP contribution in [0.2, 0.25) is 0 Å². The Balaban J connectivity index is 1.93. The highest BCUT2D eigenvalue weighted by Crippen LogP contribution is 2.38. The maximum Gasteiger partial charge on any atom is 0.230 e. The zero-order valence-electron chi connectivity index (χ0n) is 14.8. The third kappa shape index (κ3) is 3.05. The molecule has 0 radical (unpaired) electrons. The van der Waals surface area contributed by atoms with Crippen molar-refractivity contribution in [2.24, 2.45) is 11.7 Å². The van der Waals surface area contributed by atoms with Crippen molar-refractivity contribution in [3.63, 3.8) is 0 Å². The molecule has 1 aromatic carbocycles. The van der Waals surface area contributed by atoms with Gasteiger partial charge in [0.25, 0.3) is 0 Å². The Hall–Kier alpha value is -1.88. The lowest BCUT2D eigenvalue weighted by Crippen LogP contribution is -2.46. The zero-order valence-corrected chi connectivity index (χ0v) is 14.8. The number of nitrogens with two attached hydrogens (primary N) is 1. The van der Waals surface area contributed by atoms with Gasteiger partial charge < -0.3 is 15.5 Å². The van der Waals surface area contributed by atoms with E-state index in [2.05, 4.69) is 0 Å². The minimum atomic E-state index is -0.361. The first-order valence-electron chi connectivity index (χ1n) is 8.78. The predicted octanol–water partition coefficient (Wildman–Crippen LogP) is 2.12. The normalized spacial score (nSPS) is 26.2. The van der Waals surface area contributed by atoms with Crippen molar-refractivity contribution in [3.8, 4) is 0 Å². The first-order chi connectivity index (χ1) is 11.4. The van der Waals surface area contributed by atoms with Crippen molar-refractivity contribution < 1.29 is 9.59 Å². The Morgan fingerprint density at radius 1 is 1.17 bits per heavy atom. The first kappa shape index (κ1) is 17.0. The average molecular weight is 329 g/mol. The summed E-state index contributed by atoms with van der Waals surface area (Å²) >= 11 is 0. The SMILES string of the molecule is CC(=O)C1Cc2ccc(N(C)C)cc2N1C(=O)C1CCC(N)CC1. The van der Waals surface area contributed by atoms with Crippen LogP contribution in [0.4, 0.5) is 11.4 Å². The molecule has 24 heavy (non-hydrogen) atoms. The lowest BCUT2D eigenvalue weighted by molar-refractivity contribution is -0.126. The van der Waals surface area contributed by atoms with Crippen molar-refractivity contribution in [1.29, 1.82) is 0 Å². The molecule has 1 saturated carbocycles. The van der Waals surface area contributed by atoms with E-state index in [0.717, 1.165) is 42.6 Å². The predicted molar refractivity (Wildman–Crippen MR) is 96.4 cm³/mol. The topological polar surface area (TPSA) is 66.6 Å². The number of benzene rings is 1. The fourth-order valence-corrected chi connectivity index (χ4v) is 3.86. The number of nitrogens with zero attached hydrogens (tertiary/aromatic N) is 2. The molecule has 1 aromatic rings. The molecule has 1 fully saturated rings. The van der Waals surface area contributed by atoms with Crippen LogP contribution in [0.15, 0.2) is 18.2 Å². The number of Topliss-reactive ketones (excluding diaryl/α,β-unsaturated/α-hetero) is 1. The summed E-state index contributed by atoms with van der Waals surface area (Å²) in [4.78, 5) is 29.1. The molecule has 130 valence electrons. The lowest BCUT2D eigenvalue weighted by atomic mass is 9.85. The molecule has 1 amide bonds. The number of carbonyl (C=O) groups excluding carboxylic acids is 2. The fourth-order valence-electron chi connectivity index (χ4n) is 3.86. The van der Waals surface area contributed by atoms with Crippen LogP contribution in [0.5, 0.6) is 0 Å². The standard InChI is InChI=1S/C19H27N3O2/c1-12(23)17-10-14-6-9-16(21(2)3)11-18(14)22(17)19(24)13-4-7-15(20)8-5-13/h6,9,11,13,15,17H,4-5,7-8,10,20H2,1-3H3. The van der Waals surface area contributed by atoms with E-state index in [4.69, 9.17) is 5.73 Å². The van der Waals surface area contributed by atoms with Crippen molar-refractivity contribution in [1.82, 2.24) is 0 Å². The molecule has 2 N–H and O–H groups in total. The summed E-state index contributed by atoms with van der Waals surface area (Å²) in [6.07, 6.45) is 4.04. The summed E-state index contributed by atoms with van der Waals surface area (Å²) in [5, 5.41) is 0. The summed E-state index contributed by atoms with van der Waals surface area (Å²) in [7, 11) is 3.96. The average Bonchev–Trinajstić information content (AvgIpc) is 2.93. The van der Waals surface area contributed by atoms with Crippen molar-refractivity contribution >= 4 is 23.1 Å². The second-order valence-electron chi connectivity index (χ2n) is 7.36. The molecular formula is C19H27N3O2. The minimum Gasteiger partial charge on any atom is -0.378 e. The highest BCUT2D eigenvalue weighted by Gasteiger charge is 2.40. The van der Waals surface area contributed by atoms with Crippen molar-refractivity contribution in [2.45, 2.75) is 51.1 Å². The molecule has 0 saturated heterocycles. The third-order valence-electron chi connectivity index (χ3n) is 5.40. The fraction of sp³-hybridized carbons (Fsp3) is 0.579. The largest absolute Gasteiger partial charge is 0.378 e. The molecule has 0 aromatic heterocycles. The van der Waals surface area contributed by atoms with Gasteiger partial charge in [0, 0.05) is 43.9 Å². The van der Waals surface area contributed by atoms with Crippen molar-refractivity contribution in [2.75, 3.05) is 23.9 Å². The van der Waals surface area contributed by atoms with Gasteiger partial charge in [0.15, 0.2) is 5.78 Å². The summed E-state index contributed by atoms with van der Waals surface area (Å²) in [6.45, 7) is 1.58. The van der Waals surface area contributed by atoms with Gasteiger partial charge in [-0.3, -0.25) is 9.59 Å². The van der Waals surface area contributed by atoms with Crippen LogP contribution in [0, 0.1) is 5.92 Å². The van der Waals surface area contributed by atoms with Gasteiger partial charge >= 0.3 is 0 Å². The number of rotatable bonds is 3. The molecule has 1 unspecified atom stereocenters. The number of anilines is 2. The Labute approximate surface area is 143 Å².